The fourth-order valence-corrected chi connectivity index (χ4v) is 2.94. The van der Waals surface area contributed by atoms with Crippen LogP contribution in [0.2, 0.25) is 0 Å². The molecule has 0 fully saturated rings. The van der Waals surface area contributed by atoms with Crippen LogP contribution in [0.4, 0.5) is 16.2 Å². The zero-order valence-electron chi connectivity index (χ0n) is 13.7. The predicted octanol–water partition coefficient (Wildman–Crippen LogP) is 1.79. The normalized spacial score (nSPS) is 16.6. The lowest BCUT2D eigenvalue weighted by atomic mass is 10.1. The van der Waals surface area contributed by atoms with Crippen molar-refractivity contribution in [2.75, 3.05) is 24.3 Å². The molecule has 2 amide bonds. The molecule has 1 aromatic heterocycles. The molecule has 2 N–H and O–H groups in total. The number of amides is 2. The van der Waals surface area contributed by atoms with Gasteiger partial charge < -0.3 is 15.5 Å². The van der Waals surface area contributed by atoms with Gasteiger partial charge in [0.05, 0.1) is 12.6 Å². The Balaban J connectivity index is 1.63. The molecule has 1 aromatic carbocycles. The molecule has 1 aliphatic rings. The molecule has 7 nitrogen and oxygen atoms in total. The topological polar surface area (TPSA) is 75.1 Å². The monoisotopic (exact) mass is 314 g/mol. The van der Waals surface area contributed by atoms with E-state index in [4.69, 9.17) is 0 Å². The molecule has 0 bridgehead atoms. The number of nitrogens with zero attached hydrogens (tertiary/aromatic N) is 4. The van der Waals surface area contributed by atoms with E-state index >= 15 is 0 Å². The maximum atomic E-state index is 12.3. The van der Waals surface area contributed by atoms with Crippen molar-refractivity contribution >= 4 is 17.4 Å². The SMILES string of the molecule is Cc1c(NC(=O)N[C@@H]2CCc3ncnn3C2)cccc1N(C)C. The molecule has 7 heteroatoms. The number of urea groups is 1. The van der Waals surface area contributed by atoms with Gasteiger partial charge in [-0.2, -0.15) is 5.10 Å². The van der Waals surface area contributed by atoms with Gasteiger partial charge in [0.25, 0.3) is 0 Å². The van der Waals surface area contributed by atoms with E-state index in [0.717, 1.165) is 35.6 Å². The van der Waals surface area contributed by atoms with Crippen LogP contribution < -0.4 is 15.5 Å². The molecule has 0 radical (unpaired) electrons. The third kappa shape index (κ3) is 3.28. The van der Waals surface area contributed by atoms with Crippen molar-refractivity contribution in [3.63, 3.8) is 0 Å². The molecule has 0 aliphatic carbocycles. The summed E-state index contributed by atoms with van der Waals surface area (Å²) in [4.78, 5) is 18.5. The summed E-state index contributed by atoms with van der Waals surface area (Å²) < 4.78 is 1.85. The van der Waals surface area contributed by atoms with Crippen LogP contribution in [-0.4, -0.2) is 40.9 Å². The minimum atomic E-state index is -0.183. The Morgan fingerprint density at radius 2 is 2.22 bits per heavy atom. The fraction of sp³-hybridized carbons (Fsp3) is 0.438. The molecular weight excluding hydrogens is 292 g/mol. The minimum Gasteiger partial charge on any atom is -0.377 e. The lowest BCUT2D eigenvalue weighted by Gasteiger charge is -2.24. The number of benzene rings is 1. The van der Waals surface area contributed by atoms with E-state index < -0.39 is 0 Å². The number of hydrogen-bond acceptors (Lipinski definition) is 4. The van der Waals surface area contributed by atoms with Gasteiger partial charge in [-0.25, -0.2) is 14.5 Å². The highest BCUT2D eigenvalue weighted by Crippen LogP contribution is 2.25. The van der Waals surface area contributed by atoms with Gasteiger partial charge in [0.1, 0.15) is 12.2 Å². The average molecular weight is 314 g/mol. The molecule has 0 saturated carbocycles. The van der Waals surface area contributed by atoms with Crippen molar-refractivity contribution in [1.29, 1.82) is 0 Å². The van der Waals surface area contributed by atoms with Crippen molar-refractivity contribution < 1.29 is 4.79 Å². The summed E-state index contributed by atoms with van der Waals surface area (Å²) in [5.41, 5.74) is 2.97. The highest BCUT2D eigenvalue weighted by molar-refractivity contribution is 5.91. The van der Waals surface area contributed by atoms with Crippen molar-refractivity contribution in [2.24, 2.45) is 0 Å². The van der Waals surface area contributed by atoms with Crippen LogP contribution >= 0.6 is 0 Å². The van der Waals surface area contributed by atoms with Crippen molar-refractivity contribution in [3.05, 3.63) is 35.9 Å². The van der Waals surface area contributed by atoms with Crippen molar-refractivity contribution in [1.82, 2.24) is 20.1 Å². The number of carbonyl (C=O) groups is 1. The van der Waals surface area contributed by atoms with Gasteiger partial charge in [-0.05, 0) is 31.0 Å². The van der Waals surface area contributed by atoms with Crippen LogP contribution in [0.3, 0.4) is 0 Å². The fourth-order valence-electron chi connectivity index (χ4n) is 2.94. The first kappa shape index (κ1) is 15.3. The number of nitrogens with one attached hydrogen (secondary N) is 2. The molecule has 2 aromatic rings. The summed E-state index contributed by atoms with van der Waals surface area (Å²) in [5.74, 6) is 0.984. The smallest absolute Gasteiger partial charge is 0.319 e. The predicted molar refractivity (Wildman–Crippen MR) is 89.8 cm³/mol. The maximum absolute atomic E-state index is 12.3. The second-order valence-corrected chi connectivity index (χ2v) is 6.04. The van der Waals surface area contributed by atoms with E-state index in [-0.39, 0.29) is 12.1 Å². The van der Waals surface area contributed by atoms with E-state index in [1.165, 1.54) is 0 Å². The molecule has 1 atom stereocenters. The highest BCUT2D eigenvalue weighted by Gasteiger charge is 2.21. The molecule has 0 saturated heterocycles. The second kappa shape index (κ2) is 6.28. The molecular formula is C16H22N6O. The molecule has 3 rings (SSSR count). The first-order chi connectivity index (χ1) is 11.0. The van der Waals surface area contributed by atoms with E-state index in [0.29, 0.717) is 6.54 Å². The second-order valence-electron chi connectivity index (χ2n) is 6.04. The van der Waals surface area contributed by atoms with E-state index in [1.807, 2.05) is 48.8 Å². The number of fused-ring (bicyclic) bond motifs is 1. The summed E-state index contributed by atoms with van der Waals surface area (Å²) in [5, 5.41) is 10.1. The Morgan fingerprint density at radius 1 is 1.39 bits per heavy atom. The summed E-state index contributed by atoms with van der Waals surface area (Å²) >= 11 is 0. The maximum Gasteiger partial charge on any atom is 0.319 e. The highest BCUT2D eigenvalue weighted by atomic mass is 16.2. The summed E-state index contributed by atoms with van der Waals surface area (Å²) in [6, 6.07) is 5.78. The number of carbonyl (C=O) groups excluding carboxylic acids is 1. The minimum absolute atomic E-state index is 0.0709. The standard InChI is InChI=1S/C16H22N6O/c1-11-13(5-4-6-14(11)21(2)3)20-16(23)19-12-7-8-15-17-10-18-22(15)9-12/h4-6,10,12H,7-9H2,1-3H3,(H2,19,20,23)/t12-/m1/s1. The van der Waals surface area contributed by atoms with Gasteiger partial charge in [0.15, 0.2) is 0 Å². The lowest BCUT2D eigenvalue weighted by Crippen LogP contribution is -2.43. The van der Waals surface area contributed by atoms with E-state index in [1.54, 1.807) is 6.33 Å². The molecule has 0 spiro atoms. The Hall–Kier alpha value is -2.57. The van der Waals surface area contributed by atoms with Crippen LogP contribution in [0.25, 0.3) is 0 Å². The third-order valence-electron chi connectivity index (χ3n) is 4.18. The number of rotatable bonds is 3. The molecule has 0 unspecified atom stereocenters. The van der Waals surface area contributed by atoms with Crippen LogP contribution in [0, 0.1) is 6.92 Å². The van der Waals surface area contributed by atoms with Gasteiger partial charge in [0, 0.05) is 31.9 Å². The van der Waals surface area contributed by atoms with Gasteiger partial charge in [-0.3, -0.25) is 0 Å². The van der Waals surface area contributed by atoms with Crippen LogP contribution in [-0.2, 0) is 13.0 Å². The molecule has 2 heterocycles. The average Bonchev–Trinajstić information content (AvgIpc) is 2.96. The van der Waals surface area contributed by atoms with E-state index in [2.05, 4.69) is 20.7 Å². The number of aromatic nitrogens is 3. The first-order valence-electron chi connectivity index (χ1n) is 7.75. The van der Waals surface area contributed by atoms with Gasteiger partial charge >= 0.3 is 6.03 Å². The molecule has 1 aliphatic heterocycles. The summed E-state index contributed by atoms with van der Waals surface area (Å²) in [7, 11) is 3.98. The Morgan fingerprint density at radius 3 is 3.00 bits per heavy atom. The molecule has 23 heavy (non-hydrogen) atoms. The zero-order chi connectivity index (χ0) is 16.4. The molecule has 122 valence electrons. The number of hydrogen-bond donors (Lipinski definition) is 2. The van der Waals surface area contributed by atoms with Gasteiger partial charge in [0.2, 0.25) is 0 Å². The quantitative estimate of drug-likeness (QED) is 0.906. The van der Waals surface area contributed by atoms with E-state index in [9.17, 15) is 4.79 Å². The summed E-state index contributed by atoms with van der Waals surface area (Å²) in [6.07, 6.45) is 3.27. The lowest BCUT2D eigenvalue weighted by molar-refractivity contribution is 0.243. The zero-order valence-corrected chi connectivity index (χ0v) is 13.7. The summed E-state index contributed by atoms with van der Waals surface area (Å²) in [6.45, 7) is 2.67. The Bertz CT molecular complexity index is 708. The first-order valence-corrected chi connectivity index (χ1v) is 7.75. The van der Waals surface area contributed by atoms with Crippen LogP contribution in [0.1, 0.15) is 17.8 Å². The van der Waals surface area contributed by atoms with Gasteiger partial charge in [-0.1, -0.05) is 6.07 Å². The van der Waals surface area contributed by atoms with Crippen molar-refractivity contribution in [3.8, 4) is 0 Å². The van der Waals surface area contributed by atoms with Crippen LogP contribution in [0.5, 0.6) is 0 Å². The van der Waals surface area contributed by atoms with Crippen molar-refractivity contribution in [2.45, 2.75) is 32.4 Å². The van der Waals surface area contributed by atoms with Gasteiger partial charge in [-0.15, -0.1) is 0 Å². The largest absolute Gasteiger partial charge is 0.377 e. The third-order valence-corrected chi connectivity index (χ3v) is 4.18. The number of aryl methyl sites for hydroxylation is 1. The Labute approximate surface area is 135 Å². The number of anilines is 2. The Kier molecular flexibility index (Phi) is 4.18. The van der Waals surface area contributed by atoms with Crippen LogP contribution in [0.15, 0.2) is 24.5 Å².